The van der Waals surface area contributed by atoms with Crippen LogP contribution in [0.25, 0.3) is 0 Å². The maximum absolute atomic E-state index is 12.0. The number of halogens is 3. The van der Waals surface area contributed by atoms with E-state index in [1.807, 2.05) is 0 Å². The number of rotatable bonds is 2. The first-order chi connectivity index (χ1) is 6.02. The highest BCUT2D eigenvalue weighted by atomic mass is 127. The van der Waals surface area contributed by atoms with Crippen molar-refractivity contribution in [2.75, 3.05) is 0 Å². The predicted molar refractivity (Wildman–Crippen MR) is 52.0 cm³/mol. The Hall–Kier alpha value is -0.530. The van der Waals surface area contributed by atoms with Gasteiger partial charge in [-0.05, 0) is 29.5 Å². The summed E-state index contributed by atoms with van der Waals surface area (Å²) in [6.45, 7) is 0.939. The van der Waals surface area contributed by atoms with Crippen LogP contribution in [0.5, 0.6) is 0 Å². The Bertz CT molecular complexity index is 364. The molecule has 1 aromatic rings. The molecule has 1 rings (SSSR count). The standard InChI is InChI=1S/C7H7F2IN2O/c1-4-11-2-5(10)7(13)12(4)3-6(8)9/h2,6H,3H2,1H3. The summed E-state index contributed by atoms with van der Waals surface area (Å²) in [6.07, 6.45) is -1.16. The molecular weight excluding hydrogens is 293 g/mol. The van der Waals surface area contributed by atoms with Crippen molar-refractivity contribution in [3.05, 3.63) is 25.9 Å². The third-order valence-corrected chi connectivity index (χ3v) is 2.27. The van der Waals surface area contributed by atoms with E-state index in [2.05, 4.69) is 4.98 Å². The van der Waals surface area contributed by atoms with Crippen molar-refractivity contribution in [2.24, 2.45) is 0 Å². The molecule has 0 atom stereocenters. The first-order valence-electron chi connectivity index (χ1n) is 3.52. The highest BCUT2D eigenvalue weighted by molar-refractivity contribution is 14.1. The Morgan fingerprint density at radius 2 is 2.31 bits per heavy atom. The molecule has 3 nitrogen and oxygen atoms in total. The van der Waals surface area contributed by atoms with E-state index in [-0.39, 0.29) is 0 Å². The minimum atomic E-state index is -2.53. The first-order valence-corrected chi connectivity index (χ1v) is 4.60. The average molecular weight is 300 g/mol. The summed E-state index contributed by atoms with van der Waals surface area (Å²) in [5.41, 5.74) is -0.409. The van der Waals surface area contributed by atoms with Gasteiger partial charge < -0.3 is 0 Å². The van der Waals surface area contributed by atoms with Crippen molar-refractivity contribution in [1.82, 2.24) is 9.55 Å². The number of aromatic nitrogens is 2. The third kappa shape index (κ3) is 2.45. The molecule has 0 saturated heterocycles. The molecule has 0 aliphatic carbocycles. The van der Waals surface area contributed by atoms with Crippen molar-refractivity contribution < 1.29 is 8.78 Å². The maximum Gasteiger partial charge on any atom is 0.267 e. The molecule has 0 aliphatic heterocycles. The van der Waals surface area contributed by atoms with E-state index in [4.69, 9.17) is 0 Å². The summed E-state index contributed by atoms with van der Waals surface area (Å²) in [5.74, 6) is 0.311. The molecule has 0 radical (unpaired) electrons. The van der Waals surface area contributed by atoms with Crippen LogP contribution in [0.1, 0.15) is 5.82 Å². The summed E-state index contributed by atoms with van der Waals surface area (Å²) >= 11 is 1.77. The predicted octanol–water partition coefficient (Wildman–Crippen LogP) is 1.42. The van der Waals surface area contributed by atoms with Crippen LogP contribution >= 0.6 is 22.6 Å². The molecule has 6 heteroatoms. The second-order valence-electron chi connectivity index (χ2n) is 2.46. The molecule has 0 aromatic carbocycles. The Kier molecular flexibility index (Phi) is 3.34. The van der Waals surface area contributed by atoms with Gasteiger partial charge in [0.15, 0.2) is 0 Å². The van der Waals surface area contributed by atoms with E-state index < -0.39 is 18.5 Å². The van der Waals surface area contributed by atoms with Gasteiger partial charge in [-0.15, -0.1) is 0 Å². The molecule has 0 N–H and O–H groups in total. The van der Waals surface area contributed by atoms with Crippen molar-refractivity contribution in [3.63, 3.8) is 0 Å². The second-order valence-corrected chi connectivity index (χ2v) is 3.62. The molecule has 1 aromatic heterocycles. The van der Waals surface area contributed by atoms with E-state index in [0.717, 1.165) is 4.57 Å². The molecule has 1 heterocycles. The Balaban J connectivity index is 3.18. The van der Waals surface area contributed by atoms with Crippen LogP contribution in [-0.2, 0) is 6.54 Å². The Morgan fingerprint density at radius 1 is 1.69 bits per heavy atom. The lowest BCUT2D eigenvalue weighted by Gasteiger charge is -2.07. The van der Waals surface area contributed by atoms with Crippen LogP contribution in [-0.4, -0.2) is 16.0 Å². The lowest BCUT2D eigenvalue weighted by atomic mass is 10.5. The molecule has 0 unspecified atom stereocenters. The largest absolute Gasteiger partial charge is 0.290 e. The van der Waals surface area contributed by atoms with E-state index in [1.165, 1.54) is 13.1 Å². The monoisotopic (exact) mass is 300 g/mol. The van der Waals surface area contributed by atoms with Crippen LogP contribution in [0.15, 0.2) is 11.0 Å². The highest BCUT2D eigenvalue weighted by Gasteiger charge is 2.10. The van der Waals surface area contributed by atoms with Crippen molar-refractivity contribution in [3.8, 4) is 0 Å². The van der Waals surface area contributed by atoms with E-state index in [9.17, 15) is 13.6 Å². The summed E-state index contributed by atoms with van der Waals surface area (Å²) in [4.78, 5) is 15.1. The van der Waals surface area contributed by atoms with Crippen LogP contribution in [0.4, 0.5) is 8.78 Å². The molecule has 13 heavy (non-hydrogen) atoms. The number of hydrogen-bond donors (Lipinski definition) is 0. The van der Waals surface area contributed by atoms with Gasteiger partial charge in [0, 0.05) is 6.20 Å². The lowest BCUT2D eigenvalue weighted by molar-refractivity contribution is 0.123. The van der Waals surface area contributed by atoms with Gasteiger partial charge in [-0.1, -0.05) is 0 Å². The molecular formula is C7H7F2IN2O. The highest BCUT2D eigenvalue weighted by Crippen LogP contribution is 2.01. The van der Waals surface area contributed by atoms with Gasteiger partial charge in [0.2, 0.25) is 0 Å². The molecule has 0 fully saturated rings. The van der Waals surface area contributed by atoms with Gasteiger partial charge >= 0.3 is 0 Å². The number of alkyl halides is 2. The summed E-state index contributed by atoms with van der Waals surface area (Å²) in [6, 6.07) is 0. The SMILES string of the molecule is Cc1ncc(I)c(=O)n1CC(F)F. The molecule has 0 amide bonds. The minimum absolute atomic E-state index is 0.311. The van der Waals surface area contributed by atoms with Crippen LogP contribution in [0.3, 0.4) is 0 Å². The van der Waals surface area contributed by atoms with Crippen LogP contribution in [0, 0.1) is 10.5 Å². The fourth-order valence-electron chi connectivity index (χ4n) is 0.904. The fraction of sp³-hybridized carbons (Fsp3) is 0.429. The van der Waals surface area contributed by atoms with E-state index >= 15 is 0 Å². The normalized spacial score (nSPS) is 10.8. The number of hydrogen-bond acceptors (Lipinski definition) is 2. The zero-order valence-corrected chi connectivity index (χ0v) is 8.96. The van der Waals surface area contributed by atoms with Gasteiger partial charge in [-0.25, -0.2) is 13.8 Å². The van der Waals surface area contributed by atoms with Crippen LogP contribution < -0.4 is 5.56 Å². The summed E-state index contributed by atoms with van der Waals surface area (Å²) in [7, 11) is 0. The van der Waals surface area contributed by atoms with Crippen LogP contribution in [0.2, 0.25) is 0 Å². The number of nitrogens with zero attached hydrogens (tertiary/aromatic N) is 2. The van der Waals surface area contributed by atoms with Gasteiger partial charge in [-0.2, -0.15) is 0 Å². The molecule has 0 saturated carbocycles. The Labute approximate surface area is 86.9 Å². The zero-order valence-electron chi connectivity index (χ0n) is 6.80. The second kappa shape index (κ2) is 4.12. The van der Waals surface area contributed by atoms with E-state index in [1.54, 1.807) is 22.6 Å². The Morgan fingerprint density at radius 3 is 2.85 bits per heavy atom. The van der Waals surface area contributed by atoms with E-state index in [0.29, 0.717) is 9.39 Å². The van der Waals surface area contributed by atoms with Crippen molar-refractivity contribution in [2.45, 2.75) is 19.9 Å². The van der Waals surface area contributed by atoms with Gasteiger partial charge in [0.05, 0.1) is 10.1 Å². The zero-order chi connectivity index (χ0) is 10.0. The first kappa shape index (κ1) is 10.6. The minimum Gasteiger partial charge on any atom is -0.290 e. The third-order valence-electron chi connectivity index (χ3n) is 1.53. The smallest absolute Gasteiger partial charge is 0.267 e. The number of aryl methyl sites for hydroxylation is 1. The maximum atomic E-state index is 12.0. The fourth-order valence-corrected chi connectivity index (χ4v) is 1.33. The molecule has 0 bridgehead atoms. The van der Waals surface area contributed by atoms with Crippen molar-refractivity contribution in [1.29, 1.82) is 0 Å². The summed E-state index contributed by atoms with van der Waals surface area (Å²) < 4.78 is 25.4. The molecule has 0 spiro atoms. The van der Waals surface area contributed by atoms with Gasteiger partial charge in [-0.3, -0.25) is 9.36 Å². The van der Waals surface area contributed by atoms with Gasteiger partial charge in [0.25, 0.3) is 12.0 Å². The summed E-state index contributed by atoms with van der Waals surface area (Å²) in [5, 5.41) is 0. The topological polar surface area (TPSA) is 34.9 Å². The van der Waals surface area contributed by atoms with Gasteiger partial charge in [0.1, 0.15) is 5.82 Å². The molecule has 0 aliphatic rings. The van der Waals surface area contributed by atoms with Crippen molar-refractivity contribution >= 4 is 22.6 Å². The molecule has 72 valence electrons. The lowest BCUT2D eigenvalue weighted by Crippen LogP contribution is -2.28. The quantitative estimate of drug-likeness (QED) is 0.774. The average Bonchev–Trinajstić information content (AvgIpc) is 2.05.